The number of amides is 2. The van der Waals surface area contributed by atoms with Gasteiger partial charge in [0.1, 0.15) is 12.0 Å². The molecule has 0 spiro atoms. The summed E-state index contributed by atoms with van der Waals surface area (Å²) in [6.07, 6.45) is 1.79. The Labute approximate surface area is 105 Å². The highest BCUT2D eigenvalue weighted by Crippen LogP contribution is 2.10. The van der Waals surface area contributed by atoms with E-state index in [9.17, 15) is 9.59 Å². The van der Waals surface area contributed by atoms with Gasteiger partial charge in [-0.05, 0) is 20.3 Å². The highest BCUT2D eigenvalue weighted by molar-refractivity contribution is 5.74. The first-order valence-electron chi connectivity index (χ1n) is 5.56. The van der Waals surface area contributed by atoms with Gasteiger partial charge in [0.15, 0.2) is 0 Å². The van der Waals surface area contributed by atoms with Crippen LogP contribution in [0.15, 0.2) is 16.9 Å². The predicted octanol–water partition coefficient (Wildman–Crippen LogP) is 1.12. The van der Waals surface area contributed by atoms with Crippen molar-refractivity contribution in [1.82, 2.24) is 15.8 Å². The van der Waals surface area contributed by atoms with Crippen LogP contribution in [-0.2, 0) is 11.3 Å². The van der Waals surface area contributed by atoms with Gasteiger partial charge in [-0.15, -0.1) is 0 Å². The first-order valence-corrected chi connectivity index (χ1v) is 5.56. The second kappa shape index (κ2) is 6.04. The lowest BCUT2D eigenvalue weighted by molar-refractivity contribution is -0.137. The molecular weight excluding hydrogens is 238 g/mol. The fraction of sp³-hybridized carbons (Fsp3) is 0.545. The first-order chi connectivity index (χ1) is 8.39. The summed E-state index contributed by atoms with van der Waals surface area (Å²) in [6.45, 7) is 3.80. The van der Waals surface area contributed by atoms with Crippen molar-refractivity contribution in [2.24, 2.45) is 0 Å². The number of aromatic nitrogens is 1. The Morgan fingerprint density at radius 1 is 1.50 bits per heavy atom. The number of urea groups is 1. The van der Waals surface area contributed by atoms with E-state index < -0.39 is 11.5 Å². The third-order valence-corrected chi connectivity index (χ3v) is 2.34. The molecule has 0 unspecified atom stereocenters. The molecule has 0 aliphatic heterocycles. The highest BCUT2D eigenvalue weighted by atomic mass is 16.5. The highest BCUT2D eigenvalue weighted by Gasteiger charge is 2.21. The van der Waals surface area contributed by atoms with Crippen molar-refractivity contribution < 1.29 is 19.2 Å². The molecule has 2 amide bonds. The summed E-state index contributed by atoms with van der Waals surface area (Å²) in [5, 5.41) is 17.6. The van der Waals surface area contributed by atoms with Crippen LogP contribution in [0.2, 0.25) is 0 Å². The van der Waals surface area contributed by atoms with Gasteiger partial charge in [0.2, 0.25) is 0 Å². The van der Waals surface area contributed by atoms with Crippen molar-refractivity contribution in [2.45, 2.75) is 38.8 Å². The van der Waals surface area contributed by atoms with Gasteiger partial charge in [-0.25, -0.2) is 4.79 Å². The zero-order valence-electron chi connectivity index (χ0n) is 10.4. The summed E-state index contributed by atoms with van der Waals surface area (Å²) in [5.41, 5.74) is 0.0419. The molecule has 1 aromatic rings. The number of carboxylic acid groups (broad SMARTS) is 1. The van der Waals surface area contributed by atoms with Crippen LogP contribution in [0.5, 0.6) is 0 Å². The molecule has 0 fully saturated rings. The van der Waals surface area contributed by atoms with E-state index in [1.54, 1.807) is 19.9 Å². The summed E-state index contributed by atoms with van der Waals surface area (Å²) in [5.74, 6) is -0.882. The van der Waals surface area contributed by atoms with Crippen LogP contribution < -0.4 is 10.6 Å². The van der Waals surface area contributed by atoms with E-state index in [0.717, 1.165) is 0 Å². The van der Waals surface area contributed by atoms with Crippen LogP contribution in [0.3, 0.4) is 0 Å². The average molecular weight is 255 g/mol. The zero-order chi connectivity index (χ0) is 13.6. The molecule has 1 aromatic heterocycles. The lowest BCUT2D eigenvalue weighted by Gasteiger charge is -2.25. The van der Waals surface area contributed by atoms with Crippen molar-refractivity contribution in [3.63, 3.8) is 0 Å². The Morgan fingerprint density at radius 3 is 2.78 bits per heavy atom. The molecular formula is C11H17N3O4. The second-order valence-electron chi connectivity index (χ2n) is 4.58. The topological polar surface area (TPSA) is 104 Å². The molecule has 0 saturated carbocycles. The maximum Gasteiger partial charge on any atom is 0.315 e. The van der Waals surface area contributed by atoms with E-state index in [1.807, 2.05) is 0 Å². The lowest BCUT2D eigenvalue weighted by Crippen LogP contribution is -2.48. The standard InChI is InChI=1S/C11H17N3O4/c1-11(2,5-3-9(15)16)13-10(17)12-7-8-4-6-18-14-8/h4,6H,3,5,7H2,1-2H3,(H,15,16)(H2,12,13,17). The largest absolute Gasteiger partial charge is 0.481 e. The van der Waals surface area contributed by atoms with Crippen LogP contribution in [0.25, 0.3) is 0 Å². The number of hydrogen-bond donors (Lipinski definition) is 3. The molecule has 0 atom stereocenters. The molecule has 1 heterocycles. The number of carbonyl (C=O) groups excluding carboxylic acids is 1. The summed E-state index contributed by atoms with van der Waals surface area (Å²) in [6, 6.07) is 1.28. The summed E-state index contributed by atoms with van der Waals surface area (Å²) in [4.78, 5) is 22.0. The Bertz CT molecular complexity index is 400. The normalized spacial score (nSPS) is 11.0. The summed E-state index contributed by atoms with van der Waals surface area (Å²) < 4.78 is 4.63. The number of nitrogens with zero attached hydrogens (tertiary/aromatic N) is 1. The fourth-order valence-electron chi connectivity index (χ4n) is 1.33. The smallest absolute Gasteiger partial charge is 0.315 e. The van der Waals surface area contributed by atoms with E-state index in [4.69, 9.17) is 5.11 Å². The molecule has 0 radical (unpaired) electrons. The van der Waals surface area contributed by atoms with Gasteiger partial charge in [0, 0.05) is 18.0 Å². The van der Waals surface area contributed by atoms with E-state index in [0.29, 0.717) is 12.1 Å². The number of carboxylic acids is 1. The predicted molar refractivity (Wildman–Crippen MR) is 62.8 cm³/mol. The van der Waals surface area contributed by atoms with Crippen molar-refractivity contribution in [1.29, 1.82) is 0 Å². The van der Waals surface area contributed by atoms with Crippen LogP contribution in [0.1, 0.15) is 32.4 Å². The molecule has 3 N–H and O–H groups in total. The minimum atomic E-state index is -0.882. The Kier molecular flexibility index (Phi) is 4.70. The zero-order valence-corrected chi connectivity index (χ0v) is 10.4. The van der Waals surface area contributed by atoms with E-state index in [-0.39, 0.29) is 19.0 Å². The van der Waals surface area contributed by atoms with E-state index in [1.165, 1.54) is 6.26 Å². The molecule has 0 aliphatic rings. The van der Waals surface area contributed by atoms with Crippen molar-refractivity contribution in [2.75, 3.05) is 0 Å². The van der Waals surface area contributed by atoms with Gasteiger partial charge in [-0.1, -0.05) is 5.16 Å². The van der Waals surface area contributed by atoms with Gasteiger partial charge in [-0.3, -0.25) is 4.79 Å². The van der Waals surface area contributed by atoms with Gasteiger partial charge in [-0.2, -0.15) is 0 Å². The summed E-state index contributed by atoms with van der Waals surface area (Å²) in [7, 11) is 0. The van der Waals surface area contributed by atoms with Crippen LogP contribution in [0, 0.1) is 0 Å². The summed E-state index contributed by atoms with van der Waals surface area (Å²) >= 11 is 0. The van der Waals surface area contributed by atoms with Gasteiger partial charge < -0.3 is 20.3 Å². The molecule has 1 rings (SSSR count). The third kappa shape index (κ3) is 5.33. The number of carbonyl (C=O) groups is 2. The molecule has 0 saturated heterocycles. The molecule has 0 aromatic carbocycles. The van der Waals surface area contributed by atoms with Gasteiger partial charge in [0.05, 0.1) is 6.54 Å². The maximum atomic E-state index is 11.6. The van der Waals surface area contributed by atoms with E-state index in [2.05, 4.69) is 20.3 Å². The molecule has 18 heavy (non-hydrogen) atoms. The Hall–Kier alpha value is -2.05. The number of aliphatic carboxylic acids is 1. The van der Waals surface area contributed by atoms with Crippen LogP contribution in [0.4, 0.5) is 4.79 Å². The molecule has 7 nitrogen and oxygen atoms in total. The first kappa shape index (κ1) is 14.0. The van der Waals surface area contributed by atoms with Crippen LogP contribution >= 0.6 is 0 Å². The minimum absolute atomic E-state index is 0.0105. The minimum Gasteiger partial charge on any atom is -0.481 e. The lowest BCUT2D eigenvalue weighted by atomic mass is 9.99. The Balaban J connectivity index is 2.31. The van der Waals surface area contributed by atoms with Crippen LogP contribution in [-0.4, -0.2) is 27.8 Å². The molecule has 0 bridgehead atoms. The average Bonchev–Trinajstić information content (AvgIpc) is 2.76. The monoisotopic (exact) mass is 255 g/mol. The SMILES string of the molecule is CC(C)(CCC(=O)O)NC(=O)NCc1ccon1. The third-order valence-electron chi connectivity index (χ3n) is 2.34. The van der Waals surface area contributed by atoms with E-state index >= 15 is 0 Å². The molecule has 0 aliphatic carbocycles. The molecule has 100 valence electrons. The number of nitrogens with one attached hydrogen (secondary N) is 2. The molecule has 7 heteroatoms. The number of rotatable bonds is 6. The number of hydrogen-bond acceptors (Lipinski definition) is 4. The quantitative estimate of drug-likeness (QED) is 0.706. The fourth-order valence-corrected chi connectivity index (χ4v) is 1.33. The second-order valence-corrected chi connectivity index (χ2v) is 4.58. The van der Waals surface area contributed by atoms with Gasteiger partial charge in [0.25, 0.3) is 0 Å². The van der Waals surface area contributed by atoms with Crippen molar-refractivity contribution in [3.8, 4) is 0 Å². The van der Waals surface area contributed by atoms with Crippen molar-refractivity contribution >= 4 is 12.0 Å². The van der Waals surface area contributed by atoms with Crippen molar-refractivity contribution in [3.05, 3.63) is 18.0 Å². The van der Waals surface area contributed by atoms with Gasteiger partial charge >= 0.3 is 12.0 Å². The maximum absolute atomic E-state index is 11.6. The Morgan fingerprint density at radius 2 is 2.22 bits per heavy atom.